The highest BCUT2D eigenvalue weighted by Gasteiger charge is 2.29. The molecule has 0 radical (unpaired) electrons. The summed E-state index contributed by atoms with van der Waals surface area (Å²) in [4.78, 5) is 42.0. The second-order valence-corrected chi connectivity index (χ2v) is 10.1. The Labute approximate surface area is 230 Å². The lowest BCUT2D eigenvalue weighted by molar-refractivity contribution is -0.125. The van der Waals surface area contributed by atoms with Crippen molar-refractivity contribution in [3.05, 3.63) is 106 Å². The SMILES string of the molecule is Cc1[nH]c(/C=C2\C(=O)Nc3ccc(C(=O)N[C@H]4CCc5ccccc54)cc32)c(C)c1NC(=O)C(O)c1ccco1. The summed E-state index contributed by atoms with van der Waals surface area (Å²) in [6, 6.07) is 16.4. The molecule has 40 heavy (non-hydrogen) atoms. The molecule has 9 nitrogen and oxygen atoms in total. The molecule has 1 aliphatic carbocycles. The molecule has 3 amide bonds. The van der Waals surface area contributed by atoms with Crippen LogP contribution in [0.1, 0.15) is 68.3 Å². The predicted molar refractivity (Wildman–Crippen MR) is 150 cm³/mol. The minimum absolute atomic E-state index is 0.0452. The first kappa shape index (κ1) is 25.4. The molecule has 202 valence electrons. The smallest absolute Gasteiger partial charge is 0.261 e. The molecule has 4 aromatic rings. The third-order valence-electron chi connectivity index (χ3n) is 7.58. The van der Waals surface area contributed by atoms with E-state index in [0.717, 1.165) is 18.4 Å². The normalized spacial score (nSPS) is 17.3. The highest BCUT2D eigenvalue weighted by Crippen LogP contribution is 2.36. The van der Waals surface area contributed by atoms with Crippen LogP contribution in [0.25, 0.3) is 11.6 Å². The van der Waals surface area contributed by atoms with Gasteiger partial charge in [0.05, 0.1) is 23.6 Å². The first-order valence-corrected chi connectivity index (χ1v) is 13.1. The number of furan rings is 1. The van der Waals surface area contributed by atoms with E-state index >= 15 is 0 Å². The molecular formula is C31H28N4O5. The largest absolute Gasteiger partial charge is 0.466 e. The lowest BCUT2D eigenvalue weighted by Crippen LogP contribution is -2.27. The van der Waals surface area contributed by atoms with E-state index in [1.807, 2.05) is 19.1 Å². The second-order valence-electron chi connectivity index (χ2n) is 10.1. The number of fused-ring (bicyclic) bond motifs is 2. The van der Waals surface area contributed by atoms with Gasteiger partial charge in [0.15, 0.2) is 6.10 Å². The van der Waals surface area contributed by atoms with E-state index in [2.05, 4.69) is 33.1 Å². The van der Waals surface area contributed by atoms with Crippen LogP contribution >= 0.6 is 0 Å². The van der Waals surface area contributed by atoms with Crippen LogP contribution in [0.15, 0.2) is 65.3 Å². The summed E-state index contributed by atoms with van der Waals surface area (Å²) in [7, 11) is 0. The van der Waals surface area contributed by atoms with Gasteiger partial charge < -0.3 is 30.5 Å². The monoisotopic (exact) mass is 536 g/mol. The molecule has 1 unspecified atom stereocenters. The van der Waals surface area contributed by atoms with Gasteiger partial charge in [-0.25, -0.2) is 0 Å². The van der Waals surface area contributed by atoms with Gasteiger partial charge >= 0.3 is 0 Å². The van der Waals surface area contributed by atoms with Gasteiger partial charge in [0, 0.05) is 28.2 Å². The van der Waals surface area contributed by atoms with Crippen molar-refractivity contribution in [2.24, 2.45) is 0 Å². The highest BCUT2D eigenvalue weighted by molar-refractivity contribution is 6.35. The molecule has 0 bridgehead atoms. The van der Waals surface area contributed by atoms with Gasteiger partial charge in [-0.1, -0.05) is 24.3 Å². The summed E-state index contributed by atoms with van der Waals surface area (Å²) < 4.78 is 5.13. The summed E-state index contributed by atoms with van der Waals surface area (Å²) in [5, 5.41) is 19.0. The number of carbonyl (C=O) groups excluding carboxylic acids is 3. The number of H-pyrrole nitrogens is 1. The van der Waals surface area contributed by atoms with E-state index in [4.69, 9.17) is 4.42 Å². The number of carbonyl (C=O) groups is 3. The number of benzene rings is 2. The fraction of sp³-hybridized carbons (Fsp3) is 0.194. The van der Waals surface area contributed by atoms with Gasteiger partial charge in [0.1, 0.15) is 5.76 Å². The van der Waals surface area contributed by atoms with E-state index in [-0.39, 0.29) is 23.6 Å². The molecule has 2 aromatic carbocycles. The van der Waals surface area contributed by atoms with Gasteiger partial charge in [-0.2, -0.15) is 0 Å². The Kier molecular flexibility index (Phi) is 6.36. The van der Waals surface area contributed by atoms with Crippen LogP contribution in [0.4, 0.5) is 11.4 Å². The number of nitrogens with one attached hydrogen (secondary N) is 4. The number of rotatable bonds is 6. The van der Waals surface area contributed by atoms with Crippen molar-refractivity contribution >= 4 is 40.7 Å². The zero-order chi connectivity index (χ0) is 28.0. The van der Waals surface area contributed by atoms with Crippen LogP contribution in [0.5, 0.6) is 0 Å². The minimum atomic E-state index is -1.46. The van der Waals surface area contributed by atoms with Gasteiger partial charge in [-0.15, -0.1) is 0 Å². The summed E-state index contributed by atoms with van der Waals surface area (Å²) in [6.07, 6.45) is 3.41. The van der Waals surface area contributed by atoms with Gasteiger partial charge in [-0.3, -0.25) is 14.4 Å². The maximum atomic E-state index is 13.2. The predicted octanol–water partition coefficient (Wildman–Crippen LogP) is 4.81. The summed E-state index contributed by atoms with van der Waals surface area (Å²) in [5.74, 6) is -0.983. The number of aryl methyl sites for hydroxylation is 2. The zero-order valence-electron chi connectivity index (χ0n) is 22.0. The highest BCUT2D eigenvalue weighted by atomic mass is 16.4. The lowest BCUT2D eigenvalue weighted by Gasteiger charge is -2.14. The van der Waals surface area contributed by atoms with Crippen molar-refractivity contribution in [2.45, 2.75) is 38.8 Å². The molecule has 0 spiro atoms. The summed E-state index contributed by atoms with van der Waals surface area (Å²) in [6.45, 7) is 3.60. The Balaban J connectivity index is 1.25. The Hall–Kier alpha value is -4.89. The fourth-order valence-corrected chi connectivity index (χ4v) is 5.44. The number of hydrogen-bond acceptors (Lipinski definition) is 5. The number of amides is 3. The average Bonchev–Trinajstić information content (AvgIpc) is 3.73. The Bertz CT molecular complexity index is 1680. The van der Waals surface area contributed by atoms with Crippen molar-refractivity contribution in [3.63, 3.8) is 0 Å². The van der Waals surface area contributed by atoms with Crippen LogP contribution in [0.2, 0.25) is 0 Å². The first-order chi connectivity index (χ1) is 19.3. The minimum Gasteiger partial charge on any atom is -0.466 e. The van der Waals surface area contributed by atoms with Gasteiger partial charge in [0.2, 0.25) is 0 Å². The quantitative estimate of drug-likeness (QED) is 0.225. The Morgan fingerprint density at radius 2 is 1.95 bits per heavy atom. The van der Waals surface area contributed by atoms with E-state index in [1.165, 1.54) is 17.9 Å². The molecular weight excluding hydrogens is 508 g/mol. The molecule has 0 saturated heterocycles. The van der Waals surface area contributed by atoms with Gasteiger partial charge in [-0.05, 0) is 79.8 Å². The molecule has 1 aliphatic heterocycles. The molecule has 2 aromatic heterocycles. The molecule has 2 aliphatic rings. The molecule has 3 heterocycles. The van der Waals surface area contributed by atoms with Crippen molar-refractivity contribution < 1.29 is 23.9 Å². The van der Waals surface area contributed by atoms with Crippen LogP contribution < -0.4 is 16.0 Å². The number of anilines is 2. The van der Waals surface area contributed by atoms with Crippen LogP contribution in [0, 0.1) is 13.8 Å². The van der Waals surface area contributed by atoms with Crippen molar-refractivity contribution in [1.29, 1.82) is 0 Å². The zero-order valence-corrected chi connectivity index (χ0v) is 22.0. The Morgan fingerprint density at radius 1 is 1.12 bits per heavy atom. The summed E-state index contributed by atoms with van der Waals surface area (Å²) in [5.41, 5.74) is 6.98. The number of hydrogen-bond donors (Lipinski definition) is 5. The van der Waals surface area contributed by atoms with E-state index < -0.39 is 12.0 Å². The van der Waals surface area contributed by atoms with Crippen LogP contribution in [-0.2, 0) is 16.0 Å². The van der Waals surface area contributed by atoms with Crippen LogP contribution in [0.3, 0.4) is 0 Å². The summed E-state index contributed by atoms with van der Waals surface area (Å²) >= 11 is 0. The average molecular weight is 537 g/mol. The van der Waals surface area contributed by atoms with E-state index in [9.17, 15) is 19.5 Å². The molecule has 6 rings (SSSR count). The second kappa shape index (κ2) is 10.0. The topological polar surface area (TPSA) is 136 Å². The standard InChI is InChI=1S/C31H28N4O5/c1-16-25(32-17(2)27(16)35-31(39)28(36)26-8-5-13-40-26)15-22-21-14-19(10-12-24(21)34-30(22)38)29(37)33-23-11-9-18-6-3-4-7-20(18)23/h3-8,10,12-15,23,28,32,36H,9,11H2,1-2H3,(H,33,37)(H,34,38)(H,35,39)/b22-15-/t23-,28?/m0/s1. The van der Waals surface area contributed by atoms with E-state index in [0.29, 0.717) is 45.0 Å². The van der Waals surface area contributed by atoms with Crippen molar-refractivity contribution in [2.75, 3.05) is 10.6 Å². The number of aliphatic hydroxyl groups is 1. The Morgan fingerprint density at radius 3 is 2.75 bits per heavy atom. The maximum absolute atomic E-state index is 13.2. The first-order valence-electron chi connectivity index (χ1n) is 13.1. The van der Waals surface area contributed by atoms with E-state index in [1.54, 1.807) is 37.3 Å². The van der Waals surface area contributed by atoms with Gasteiger partial charge in [0.25, 0.3) is 17.7 Å². The molecule has 0 fully saturated rings. The number of aromatic amines is 1. The number of aliphatic hydroxyl groups excluding tert-OH is 1. The third kappa shape index (κ3) is 4.50. The molecule has 0 saturated carbocycles. The van der Waals surface area contributed by atoms with Crippen molar-refractivity contribution in [1.82, 2.24) is 10.3 Å². The maximum Gasteiger partial charge on any atom is 0.261 e. The lowest BCUT2D eigenvalue weighted by atomic mass is 10.0. The third-order valence-corrected chi connectivity index (χ3v) is 7.58. The molecule has 2 atom stereocenters. The fourth-order valence-electron chi connectivity index (χ4n) is 5.44. The molecule has 9 heteroatoms. The molecule has 5 N–H and O–H groups in total. The van der Waals surface area contributed by atoms with Crippen molar-refractivity contribution in [3.8, 4) is 0 Å². The number of aromatic nitrogens is 1. The van der Waals surface area contributed by atoms with Crippen LogP contribution in [-0.4, -0.2) is 27.8 Å².